The molecule has 382 valence electrons. The molecule has 0 bridgehead atoms. The average Bonchev–Trinajstić information content (AvgIpc) is 4.00. The van der Waals surface area contributed by atoms with E-state index in [4.69, 9.17) is 47.4 Å². The molecule has 4 aromatic carbocycles. The Morgan fingerprint density at radius 3 is 1.19 bits per heavy atom. The Hall–Kier alpha value is -8.84. The van der Waals surface area contributed by atoms with Crippen LogP contribution in [0.4, 0.5) is 0 Å². The van der Waals surface area contributed by atoms with Crippen LogP contribution < -0.4 is 18.9 Å². The molecule has 2 fully saturated rings. The molecule has 6 rings (SSSR count). The molecule has 0 amide bonds. The van der Waals surface area contributed by atoms with Crippen molar-refractivity contribution in [3.63, 3.8) is 0 Å². The van der Waals surface area contributed by atoms with Gasteiger partial charge in [-0.2, -0.15) is 10.5 Å². The fourth-order valence-electron chi connectivity index (χ4n) is 6.98. The van der Waals surface area contributed by atoms with E-state index in [2.05, 4.69) is 13.2 Å². The van der Waals surface area contributed by atoms with Gasteiger partial charge in [-0.1, -0.05) is 37.4 Å². The van der Waals surface area contributed by atoms with Crippen molar-refractivity contribution >= 4 is 48.0 Å². The Morgan fingerprint density at radius 2 is 0.851 bits per heavy atom. The first-order valence-electron chi connectivity index (χ1n) is 23.4. The summed E-state index contributed by atoms with van der Waals surface area (Å²) >= 11 is 0. The lowest BCUT2D eigenvalue weighted by molar-refractivity contribution is -0.150. The van der Waals surface area contributed by atoms with Crippen molar-refractivity contribution < 1.29 is 76.1 Å². The van der Waals surface area contributed by atoms with Gasteiger partial charge in [-0.15, -0.1) is 0 Å². The molecule has 2 heterocycles. The van der Waals surface area contributed by atoms with Crippen LogP contribution in [0.15, 0.2) is 133 Å². The molecule has 18 heteroatoms. The topological polar surface area (TPSA) is 242 Å². The summed E-state index contributed by atoms with van der Waals surface area (Å²) in [7, 11) is 0. The summed E-state index contributed by atoms with van der Waals surface area (Å²) in [5.41, 5.74) is 1.46. The fraction of sp³-hybridized carbons (Fsp3) is 0.286. The lowest BCUT2D eigenvalue weighted by atomic mass is 10.1. The summed E-state index contributed by atoms with van der Waals surface area (Å²) in [6.07, 6.45) is 1.61. The summed E-state index contributed by atoms with van der Waals surface area (Å²) in [4.78, 5) is 74.8. The van der Waals surface area contributed by atoms with Gasteiger partial charge in [-0.25, -0.2) is 28.8 Å². The van der Waals surface area contributed by atoms with E-state index in [1.54, 1.807) is 86.6 Å². The summed E-state index contributed by atoms with van der Waals surface area (Å²) in [6, 6.07) is 28.7. The van der Waals surface area contributed by atoms with E-state index in [0.717, 1.165) is 0 Å². The Morgan fingerprint density at radius 1 is 0.514 bits per heavy atom. The second kappa shape index (κ2) is 27.1. The first kappa shape index (κ1) is 54.5. The predicted molar refractivity (Wildman–Crippen MR) is 263 cm³/mol. The monoisotopic (exact) mass is 1010 g/mol. The van der Waals surface area contributed by atoms with Gasteiger partial charge >= 0.3 is 35.8 Å². The van der Waals surface area contributed by atoms with E-state index in [1.807, 2.05) is 12.1 Å². The van der Waals surface area contributed by atoms with Crippen LogP contribution in [0.5, 0.6) is 23.0 Å². The molecule has 0 N–H and O–H groups in total. The van der Waals surface area contributed by atoms with E-state index in [1.165, 1.54) is 36.4 Å². The van der Waals surface area contributed by atoms with Gasteiger partial charge in [0, 0.05) is 11.1 Å². The second-order valence-electron chi connectivity index (χ2n) is 16.7. The Kier molecular flexibility index (Phi) is 20.0. The molecule has 0 unspecified atom stereocenters. The van der Waals surface area contributed by atoms with Crippen molar-refractivity contribution in [3.05, 3.63) is 155 Å². The van der Waals surface area contributed by atoms with Crippen LogP contribution in [-0.4, -0.2) is 99.9 Å². The van der Waals surface area contributed by atoms with Gasteiger partial charge < -0.3 is 47.4 Å². The van der Waals surface area contributed by atoms with Gasteiger partial charge in [0.25, 0.3) is 0 Å². The van der Waals surface area contributed by atoms with Crippen molar-refractivity contribution in [2.24, 2.45) is 0 Å². The zero-order chi connectivity index (χ0) is 53.0. The lowest BCUT2D eigenvalue weighted by Gasteiger charge is -2.17. The minimum atomic E-state index is -0.946. The highest BCUT2D eigenvalue weighted by atomic mass is 16.7. The van der Waals surface area contributed by atoms with Crippen LogP contribution in [0.1, 0.15) is 71.4 Å². The van der Waals surface area contributed by atoms with Gasteiger partial charge in [0.2, 0.25) is 0 Å². The predicted octanol–water partition coefficient (Wildman–Crippen LogP) is 7.82. The zero-order valence-corrected chi connectivity index (χ0v) is 40.6. The third-order valence-corrected chi connectivity index (χ3v) is 10.9. The molecule has 2 aliphatic heterocycles. The highest BCUT2D eigenvalue weighted by Gasteiger charge is 2.51. The number of benzene rings is 4. The van der Waals surface area contributed by atoms with Crippen molar-refractivity contribution in [2.45, 2.75) is 63.9 Å². The number of carbonyl (C=O) groups excluding carboxylic acids is 6. The zero-order valence-electron chi connectivity index (χ0n) is 40.6. The van der Waals surface area contributed by atoms with E-state index in [9.17, 15) is 39.3 Å². The Bertz CT molecular complexity index is 2640. The van der Waals surface area contributed by atoms with Gasteiger partial charge in [-0.05, 0) is 136 Å². The lowest BCUT2D eigenvalue weighted by Crippen LogP contribution is -2.36. The summed E-state index contributed by atoms with van der Waals surface area (Å²) in [5.74, 6) is -2.45. The fourth-order valence-corrected chi connectivity index (χ4v) is 6.98. The van der Waals surface area contributed by atoms with Crippen LogP contribution in [0.3, 0.4) is 0 Å². The summed E-state index contributed by atoms with van der Waals surface area (Å²) < 4.78 is 55.3. The smallest absolute Gasteiger partial charge is 0.349 e. The number of fused-ring (bicyclic) bond motifs is 1. The molecular weight excluding hydrogens is 957 g/mol. The standard InChI is InChI=1S/C56H52N2O16/c1-35(2)51(59)67-27-7-5-25-65-43-21-13-39(14-22-43)53(61)71-45-17-9-37(10-18-45)29-41(31-57)55(63)73-47-33-69-50-48(34-70-49(47)50)74-56(64)42(32-58)30-38-11-19-46(20-12-38)72-54(62)40-15-23-44(24-16-40)66-26-6-8-28-68-52(60)36(3)4/h9-24,29-30,47-50H,1,3,5-8,25-28,33-34H2,2,4H3/b41-29+,42-30+/t47-,48+,49-,50-/m1/s1. The third-order valence-electron chi connectivity index (χ3n) is 10.9. The van der Waals surface area contributed by atoms with E-state index >= 15 is 0 Å². The highest BCUT2D eigenvalue weighted by Crippen LogP contribution is 2.32. The Balaban J connectivity index is 0.915. The second-order valence-corrected chi connectivity index (χ2v) is 16.7. The number of nitriles is 2. The van der Waals surface area contributed by atoms with Gasteiger partial charge in [0.1, 0.15) is 58.5 Å². The van der Waals surface area contributed by atoms with Crippen LogP contribution in [0.25, 0.3) is 12.2 Å². The molecule has 2 aliphatic rings. The minimum Gasteiger partial charge on any atom is -0.494 e. The molecular formula is C56H52N2O16. The quantitative estimate of drug-likeness (QED) is 0.0162. The number of hydrogen-bond acceptors (Lipinski definition) is 18. The molecule has 0 aliphatic carbocycles. The largest absolute Gasteiger partial charge is 0.494 e. The molecule has 0 aromatic heterocycles. The van der Waals surface area contributed by atoms with Crippen LogP contribution >= 0.6 is 0 Å². The number of carbonyl (C=O) groups is 6. The molecule has 18 nitrogen and oxygen atoms in total. The number of nitrogens with zero attached hydrogens (tertiary/aromatic N) is 2. The van der Waals surface area contributed by atoms with Gasteiger partial charge in [-0.3, -0.25) is 0 Å². The molecule has 2 saturated heterocycles. The van der Waals surface area contributed by atoms with E-state index in [0.29, 0.717) is 72.7 Å². The normalized spacial score (nSPS) is 16.8. The summed E-state index contributed by atoms with van der Waals surface area (Å²) in [5, 5.41) is 19.7. The van der Waals surface area contributed by atoms with Crippen molar-refractivity contribution in [1.82, 2.24) is 0 Å². The van der Waals surface area contributed by atoms with Crippen LogP contribution in [-0.2, 0) is 47.6 Å². The summed E-state index contributed by atoms with van der Waals surface area (Å²) in [6.45, 7) is 11.3. The number of unbranched alkanes of at least 4 members (excludes halogenated alkanes) is 2. The maximum Gasteiger partial charge on any atom is 0.349 e. The Labute approximate surface area is 426 Å². The SMILES string of the molecule is C=C(C)C(=O)OCCCCOc1ccc(C(=O)Oc2ccc(/C=C(\C#N)C(=O)O[C@H]3CO[C@H]4[C@@H]3OC[C@H]4OC(=O)/C(C#N)=C/c3ccc(OC(=O)c4ccc(OCCCCOC(=O)C(=C)C)cc4)cc3)cc2)cc1. The molecule has 4 atom stereocenters. The van der Waals surface area contributed by atoms with Crippen molar-refractivity contribution in [3.8, 4) is 35.1 Å². The van der Waals surface area contributed by atoms with E-state index < -0.39 is 60.2 Å². The number of hydrogen-bond donors (Lipinski definition) is 0. The minimum absolute atomic E-state index is 0.114. The molecule has 0 radical (unpaired) electrons. The van der Waals surface area contributed by atoms with E-state index in [-0.39, 0.29) is 60.2 Å². The van der Waals surface area contributed by atoms with Crippen LogP contribution in [0, 0.1) is 22.7 Å². The van der Waals surface area contributed by atoms with Crippen molar-refractivity contribution in [1.29, 1.82) is 10.5 Å². The maximum atomic E-state index is 13.2. The first-order chi connectivity index (χ1) is 35.7. The number of rotatable bonds is 24. The maximum absolute atomic E-state index is 13.2. The molecule has 0 spiro atoms. The molecule has 74 heavy (non-hydrogen) atoms. The van der Waals surface area contributed by atoms with Crippen LogP contribution in [0.2, 0.25) is 0 Å². The van der Waals surface area contributed by atoms with Gasteiger partial charge in [0.15, 0.2) is 12.2 Å². The number of esters is 6. The first-order valence-corrected chi connectivity index (χ1v) is 23.4. The average molecular weight is 1010 g/mol. The van der Waals surface area contributed by atoms with Crippen molar-refractivity contribution in [2.75, 3.05) is 39.6 Å². The van der Waals surface area contributed by atoms with Gasteiger partial charge in [0.05, 0.1) is 50.8 Å². The molecule has 4 aromatic rings. The highest BCUT2D eigenvalue weighted by molar-refractivity contribution is 5.99. The molecule has 0 saturated carbocycles. The third kappa shape index (κ3) is 16.1. The number of ether oxygens (including phenoxy) is 10.